The van der Waals surface area contributed by atoms with Gasteiger partial charge in [0.05, 0.1) is 0 Å². The number of carbonyl (C=O) groups is 1. The Balaban J connectivity index is 1.81. The zero-order valence-electron chi connectivity index (χ0n) is 17.0. The number of aromatic hydroxyl groups is 1. The third-order valence-electron chi connectivity index (χ3n) is 4.71. The summed E-state index contributed by atoms with van der Waals surface area (Å²) in [6, 6.07) is 11.9. The van der Waals surface area contributed by atoms with Crippen LogP contribution in [0.1, 0.15) is 16.7 Å². The van der Waals surface area contributed by atoms with Crippen molar-refractivity contribution in [2.24, 2.45) is 0 Å². The van der Waals surface area contributed by atoms with Crippen LogP contribution in [0.25, 0.3) is 0 Å². The predicted octanol–water partition coefficient (Wildman–Crippen LogP) is 2.58. The van der Waals surface area contributed by atoms with Crippen molar-refractivity contribution < 1.29 is 14.6 Å². The lowest BCUT2D eigenvalue weighted by Crippen LogP contribution is -2.30. The van der Waals surface area contributed by atoms with E-state index in [4.69, 9.17) is 4.74 Å². The molecule has 0 aromatic heterocycles. The number of rotatable bonds is 12. The molecule has 6 heteroatoms. The highest BCUT2D eigenvalue weighted by Crippen LogP contribution is 2.36. The molecule has 2 aromatic carbocycles. The van der Waals surface area contributed by atoms with E-state index in [-0.39, 0.29) is 12.4 Å². The number of anilines is 1. The van der Waals surface area contributed by atoms with Crippen molar-refractivity contribution in [1.29, 1.82) is 0 Å². The molecule has 0 unspecified atom stereocenters. The maximum absolute atomic E-state index is 10.7. The van der Waals surface area contributed by atoms with Crippen LogP contribution in [0.3, 0.4) is 0 Å². The number of aryl methyl sites for hydroxylation is 1. The Morgan fingerprint density at radius 3 is 2.64 bits per heavy atom. The van der Waals surface area contributed by atoms with E-state index in [1.54, 1.807) is 13.1 Å². The van der Waals surface area contributed by atoms with Crippen LogP contribution in [0.2, 0.25) is 0 Å². The molecule has 3 N–H and O–H groups in total. The van der Waals surface area contributed by atoms with E-state index in [0.717, 1.165) is 38.2 Å². The summed E-state index contributed by atoms with van der Waals surface area (Å²) < 4.78 is 5.54. The Kier molecular flexibility index (Phi) is 8.78. The Bertz CT molecular complexity index is 765. The lowest BCUT2D eigenvalue weighted by atomic mass is 10.1. The molecule has 0 bridgehead atoms. The van der Waals surface area contributed by atoms with Gasteiger partial charge in [0.15, 0.2) is 6.29 Å². The van der Waals surface area contributed by atoms with Crippen molar-refractivity contribution in [1.82, 2.24) is 10.2 Å². The Morgan fingerprint density at radius 2 is 1.93 bits per heavy atom. The van der Waals surface area contributed by atoms with Crippen LogP contribution in [-0.4, -0.2) is 56.6 Å². The first-order chi connectivity index (χ1) is 13.6. The molecule has 0 atom stereocenters. The lowest BCUT2D eigenvalue weighted by Gasteiger charge is -2.19. The first kappa shape index (κ1) is 21.7. The maximum Gasteiger partial charge on any atom is 0.157 e. The van der Waals surface area contributed by atoms with Crippen LogP contribution in [0, 0.1) is 6.92 Å². The summed E-state index contributed by atoms with van der Waals surface area (Å²) in [6.07, 6.45) is 1.44. The van der Waals surface area contributed by atoms with Crippen molar-refractivity contribution in [3.05, 3.63) is 53.1 Å². The van der Waals surface area contributed by atoms with Gasteiger partial charge in [0.2, 0.25) is 0 Å². The number of ether oxygens (including phenoxy) is 1. The number of nitrogens with one attached hydrogen (secondary N) is 2. The van der Waals surface area contributed by atoms with Gasteiger partial charge in [-0.2, -0.15) is 0 Å². The number of likely N-dealkylation sites (N-methyl/N-ethyl adjacent to an activating group) is 1. The van der Waals surface area contributed by atoms with Gasteiger partial charge in [-0.05, 0) is 49.7 Å². The average molecular weight is 386 g/mol. The standard InChI is InChI=1S/C22H31N3O3/c1-17-6-4-5-7-19(17)16-25(3)13-12-24-11-10-18-8-9-20(27)21(23-2)22(18)28-15-14-26/h4-9,14,23-24,27H,10-13,15-16H2,1-3H3. The molecule has 0 amide bonds. The van der Waals surface area contributed by atoms with Crippen LogP contribution in [0.5, 0.6) is 11.5 Å². The number of phenols is 1. The topological polar surface area (TPSA) is 73.8 Å². The second-order valence-corrected chi connectivity index (χ2v) is 6.84. The molecule has 0 radical (unpaired) electrons. The van der Waals surface area contributed by atoms with Gasteiger partial charge >= 0.3 is 0 Å². The molecule has 152 valence electrons. The van der Waals surface area contributed by atoms with Crippen LogP contribution in [-0.2, 0) is 17.8 Å². The Morgan fingerprint density at radius 1 is 1.14 bits per heavy atom. The van der Waals surface area contributed by atoms with E-state index in [1.807, 2.05) is 6.07 Å². The lowest BCUT2D eigenvalue weighted by molar-refractivity contribution is -0.109. The van der Waals surface area contributed by atoms with E-state index in [0.29, 0.717) is 17.7 Å². The number of benzene rings is 2. The SMILES string of the molecule is CNc1c(O)ccc(CCNCCN(C)Cc2ccccc2C)c1OCC=O. The summed E-state index contributed by atoms with van der Waals surface area (Å²) in [5.41, 5.74) is 4.13. The molecule has 28 heavy (non-hydrogen) atoms. The number of nitrogens with zero attached hydrogens (tertiary/aromatic N) is 1. The first-order valence-electron chi connectivity index (χ1n) is 9.59. The minimum atomic E-state index is -0.0394. The highest BCUT2D eigenvalue weighted by atomic mass is 16.5. The molecule has 0 fully saturated rings. The fraction of sp³-hybridized carbons (Fsp3) is 0.409. The smallest absolute Gasteiger partial charge is 0.157 e. The Hall–Kier alpha value is -2.57. The van der Waals surface area contributed by atoms with Gasteiger partial charge in [-0.25, -0.2) is 0 Å². The zero-order chi connectivity index (χ0) is 20.4. The normalized spacial score (nSPS) is 10.9. The Labute approximate surface area is 167 Å². The molecule has 2 rings (SSSR count). The van der Waals surface area contributed by atoms with E-state index in [2.05, 4.69) is 53.8 Å². The zero-order valence-corrected chi connectivity index (χ0v) is 17.0. The van der Waals surface area contributed by atoms with Crippen LogP contribution in [0.15, 0.2) is 36.4 Å². The van der Waals surface area contributed by atoms with Gasteiger partial charge < -0.3 is 25.4 Å². The summed E-state index contributed by atoms with van der Waals surface area (Å²) in [6.45, 7) is 5.64. The number of aldehydes is 1. The van der Waals surface area contributed by atoms with Gasteiger partial charge in [0, 0.05) is 26.7 Å². The minimum Gasteiger partial charge on any atom is -0.506 e. The first-order valence-corrected chi connectivity index (χ1v) is 9.59. The minimum absolute atomic E-state index is 0.0394. The quantitative estimate of drug-likeness (QED) is 0.296. The van der Waals surface area contributed by atoms with E-state index in [1.165, 1.54) is 11.1 Å². The molecule has 2 aromatic rings. The molecular weight excluding hydrogens is 354 g/mol. The van der Waals surface area contributed by atoms with Gasteiger partial charge in [0.1, 0.15) is 23.8 Å². The van der Waals surface area contributed by atoms with Crippen molar-refractivity contribution in [3.63, 3.8) is 0 Å². The molecule has 0 saturated carbocycles. The summed E-state index contributed by atoms with van der Waals surface area (Å²) in [5, 5.41) is 16.4. The molecule has 6 nitrogen and oxygen atoms in total. The second-order valence-electron chi connectivity index (χ2n) is 6.84. The van der Waals surface area contributed by atoms with Crippen LogP contribution >= 0.6 is 0 Å². The van der Waals surface area contributed by atoms with Crippen molar-refractivity contribution in [2.75, 3.05) is 45.7 Å². The second kappa shape index (κ2) is 11.3. The highest BCUT2D eigenvalue weighted by Gasteiger charge is 2.13. The van der Waals surface area contributed by atoms with E-state index in [9.17, 15) is 9.90 Å². The third kappa shape index (κ3) is 6.25. The largest absolute Gasteiger partial charge is 0.506 e. The van der Waals surface area contributed by atoms with Gasteiger partial charge in [-0.15, -0.1) is 0 Å². The average Bonchev–Trinajstić information content (AvgIpc) is 2.69. The molecule has 0 aliphatic heterocycles. The molecule has 0 aliphatic carbocycles. The molecule has 0 aliphatic rings. The summed E-state index contributed by atoms with van der Waals surface area (Å²) >= 11 is 0. The molecule has 0 spiro atoms. The van der Waals surface area contributed by atoms with Crippen molar-refractivity contribution in [3.8, 4) is 11.5 Å². The van der Waals surface area contributed by atoms with Crippen LogP contribution < -0.4 is 15.4 Å². The number of carbonyl (C=O) groups excluding carboxylic acids is 1. The molecule has 0 heterocycles. The summed E-state index contributed by atoms with van der Waals surface area (Å²) in [5.74, 6) is 0.644. The molecular formula is C22H31N3O3. The fourth-order valence-electron chi connectivity index (χ4n) is 3.11. The van der Waals surface area contributed by atoms with E-state index < -0.39 is 0 Å². The molecule has 0 saturated heterocycles. The van der Waals surface area contributed by atoms with Crippen molar-refractivity contribution >= 4 is 12.0 Å². The van der Waals surface area contributed by atoms with Crippen LogP contribution in [0.4, 0.5) is 5.69 Å². The highest BCUT2D eigenvalue weighted by molar-refractivity contribution is 5.69. The summed E-state index contributed by atoms with van der Waals surface area (Å²) in [4.78, 5) is 13.0. The van der Waals surface area contributed by atoms with Gasteiger partial charge in [-0.1, -0.05) is 30.3 Å². The van der Waals surface area contributed by atoms with Gasteiger partial charge in [-0.3, -0.25) is 4.79 Å². The number of hydrogen-bond acceptors (Lipinski definition) is 6. The number of hydrogen-bond donors (Lipinski definition) is 3. The monoisotopic (exact) mass is 385 g/mol. The third-order valence-corrected chi connectivity index (χ3v) is 4.71. The van der Waals surface area contributed by atoms with E-state index >= 15 is 0 Å². The predicted molar refractivity (Wildman–Crippen MR) is 113 cm³/mol. The van der Waals surface area contributed by atoms with Crippen molar-refractivity contribution in [2.45, 2.75) is 19.9 Å². The maximum atomic E-state index is 10.7. The fourth-order valence-corrected chi connectivity index (χ4v) is 3.11. The summed E-state index contributed by atoms with van der Waals surface area (Å²) in [7, 11) is 3.84. The number of phenolic OH excluding ortho intramolecular Hbond substituents is 1. The van der Waals surface area contributed by atoms with Gasteiger partial charge in [0.25, 0.3) is 0 Å².